The molecule has 0 bridgehead atoms. The number of halogens is 1. The highest BCUT2D eigenvalue weighted by Gasteiger charge is 2.11. The van der Waals surface area contributed by atoms with Gasteiger partial charge < -0.3 is 15.6 Å². The van der Waals surface area contributed by atoms with E-state index < -0.39 is 0 Å². The number of carbonyl (C=O) groups is 1. The van der Waals surface area contributed by atoms with Crippen LogP contribution in [0.2, 0.25) is 0 Å². The molecule has 1 amide bonds. The quantitative estimate of drug-likeness (QED) is 0.905. The molecule has 0 atom stereocenters. The normalized spacial score (nSPS) is 11.2. The summed E-state index contributed by atoms with van der Waals surface area (Å²) in [4.78, 5) is 16.1. The third-order valence-corrected chi connectivity index (χ3v) is 3.24. The predicted octanol–water partition coefficient (Wildman–Crippen LogP) is 2.15. The number of fused-ring (bicyclic) bond motifs is 1. The maximum absolute atomic E-state index is 11.9. The molecule has 2 aromatic rings. The molecule has 0 unspecified atom stereocenters. The van der Waals surface area contributed by atoms with Crippen molar-refractivity contribution in [2.24, 2.45) is 5.92 Å². The van der Waals surface area contributed by atoms with E-state index in [2.05, 4.69) is 40.1 Å². The first-order valence-corrected chi connectivity index (χ1v) is 6.94. The van der Waals surface area contributed by atoms with Crippen LogP contribution in [0.1, 0.15) is 13.8 Å². The zero-order valence-electron chi connectivity index (χ0n) is 11.0. The van der Waals surface area contributed by atoms with Gasteiger partial charge in [0.05, 0.1) is 11.0 Å². The summed E-state index contributed by atoms with van der Waals surface area (Å²) in [6, 6.07) is 5.69. The fourth-order valence-electron chi connectivity index (χ4n) is 1.81. The number of aromatic nitrogens is 2. The second-order valence-corrected chi connectivity index (χ2v) is 5.80. The van der Waals surface area contributed by atoms with E-state index in [1.54, 1.807) is 4.57 Å². The number of benzene rings is 1. The predicted molar refractivity (Wildman–Crippen MR) is 79.7 cm³/mol. The lowest BCUT2D eigenvalue weighted by molar-refractivity contribution is -0.121. The first-order valence-electron chi connectivity index (χ1n) is 6.15. The van der Waals surface area contributed by atoms with Crippen molar-refractivity contribution in [3.8, 4) is 0 Å². The summed E-state index contributed by atoms with van der Waals surface area (Å²) < 4.78 is 2.66. The van der Waals surface area contributed by atoms with E-state index in [1.165, 1.54) is 0 Å². The summed E-state index contributed by atoms with van der Waals surface area (Å²) in [7, 11) is 0. The van der Waals surface area contributed by atoms with Gasteiger partial charge in [-0.3, -0.25) is 4.79 Å². The van der Waals surface area contributed by atoms with Crippen LogP contribution in [0.25, 0.3) is 11.0 Å². The van der Waals surface area contributed by atoms with Gasteiger partial charge in [-0.15, -0.1) is 0 Å². The molecule has 0 aliphatic rings. The van der Waals surface area contributed by atoms with Crippen molar-refractivity contribution >= 4 is 38.8 Å². The Morgan fingerprint density at radius 2 is 2.26 bits per heavy atom. The summed E-state index contributed by atoms with van der Waals surface area (Å²) in [5.41, 5.74) is 7.51. The molecule has 0 aliphatic heterocycles. The zero-order valence-corrected chi connectivity index (χ0v) is 12.6. The van der Waals surface area contributed by atoms with Gasteiger partial charge >= 0.3 is 0 Å². The number of nitrogens with two attached hydrogens (primary N) is 1. The second kappa shape index (κ2) is 5.61. The molecule has 19 heavy (non-hydrogen) atoms. The van der Waals surface area contributed by atoms with Crippen molar-refractivity contribution in [1.29, 1.82) is 0 Å². The fourth-order valence-corrected chi connectivity index (χ4v) is 2.15. The van der Waals surface area contributed by atoms with E-state index in [-0.39, 0.29) is 12.5 Å². The molecule has 6 heteroatoms. The maximum atomic E-state index is 11.9. The Hall–Kier alpha value is -1.56. The molecule has 1 aromatic heterocycles. The molecule has 0 spiro atoms. The van der Waals surface area contributed by atoms with Gasteiger partial charge in [0, 0.05) is 11.0 Å². The van der Waals surface area contributed by atoms with Gasteiger partial charge in [0.2, 0.25) is 11.9 Å². The van der Waals surface area contributed by atoms with Gasteiger partial charge in [-0.2, -0.15) is 0 Å². The topological polar surface area (TPSA) is 72.9 Å². The minimum atomic E-state index is -0.0531. The van der Waals surface area contributed by atoms with Crippen LogP contribution in [0.15, 0.2) is 22.7 Å². The number of imidazole rings is 1. The molecule has 102 valence electrons. The lowest BCUT2D eigenvalue weighted by Crippen LogP contribution is -2.30. The number of hydrogen-bond acceptors (Lipinski definition) is 3. The van der Waals surface area contributed by atoms with E-state index in [0.29, 0.717) is 18.4 Å². The molecule has 3 N–H and O–H groups in total. The first-order chi connectivity index (χ1) is 8.97. The summed E-state index contributed by atoms with van der Waals surface area (Å²) in [6.07, 6.45) is 0. The highest BCUT2D eigenvalue weighted by molar-refractivity contribution is 9.10. The van der Waals surface area contributed by atoms with Gasteiger partial charge in [-0.25, -0.2) is 4.98 Å². The number of nitrogen functional groups attached to an aromatic ring is 1. The van der Waals surface area contributed by atoms with Gasteiger partial charge in [-0.05, 0) is 24.1 Å². The van der Waals surface area contributed by atoms with Gasteiger partial charge in [0.1, 0.15) is 6.54 Å². The van der Waals surface area contributed by atoms with Gasteiger partial charge in [0.25, 0.3) is 0 Å². The monoisotopic (exact) mass is 324 g/mol. The van der Waals surface area contributed by atoms with Gasteiger partial charge in [-0.1, -0.05) is 29.8 Å². The Kier molecular flexibility index (Phi) is 4.09. The Balaban J connectivity index is 2.20. The molecule has 2 rings (SSSR count). The lowest BCUT2D eigenvalue weighted by atomic mass is 10.2. The van der Waals surface area contributed by atoms with Crippen molar-refractivity contribution in [2.45, 2.75) is 20.4 Å². The Labute approximate surface area is 120 Å². The maximum Gasteiger partial charge on any atom is 0.240 e. The number of nitrogens with one attached hydrogen (secondary N) is 1. The fraction of sp³-hybridized carbons (Fsp3) is 0.385. The molecule has 5 nitrogen and oxygen atoms in total. The molecule has 0 radical (unpaired) electrons. The highest BCUT2D eigenvalue weighted by Crippen LogP contribution is 2.21. The number of nitrogens with zero attached hydrogens (tertiary/aromatic N) is 2. The average Bonchev–Trinajstić information content (AvgIpc) is 2.62. The molecular weight excluding hydrogens is 308 g/mol. The SMILES string of the molecule is CC(C)CNC(=O)Cn1c(N)nc2cc(Br)ccc21. The van der Waals surface area contributed by atoms with Crippen LogP contribution in [0.4, 0.5) is 5.95 Å². The van der Waals surface area contributed by atoms with Crippen molar-refractivity contribution in [3.05, 3.63) is 22.7 Å². The molecule has 0 saturated heterocycles. The average molecular weight is 325 g/mol. The van der Waals surface area contributed by atoms with Crippen LogP contribution in [-0.2, 0) is 11.3 Å². The Bertz CT molecular complexity index is 606. The Morgan fingerprint density at radius 3 is 2.95 bits per heavy atom. The van der Waals surface area contributed by atoms with E-state index >= 15 is 0 Å². The summed E-state index contributed by atoms with van der Waals surface area (Å²) in [5.74, 6) is 0.729. The van der Waals surface area contributed by atoms with Crippen LogP contribution in [0.3, 0.4) is 0 Å². The number of anilines is 1. The summed E-state index contributed by atoms with van der Waals surface area (Å²) >= 11 is 3.39. The van der Waals surface area contributed by atoms with E-state index in [4.69, 9.17) is 5.73 Å². The number of hydrogen-bond donors (Lipinski definition) is 2. The third-order valence-electron chi connectivity index (χ3n) is 2.75. The van der Waals surface area contributed by atoms with Crippen LogP contribution >= 0.6 is 15.9 Å². The molecule has 1 aromatic carbocycles. The minimum Gasteiger partial charge on any atom is -0.369 e. The largest absolute Gasteiger partial charge is 0.369 e. The molecule has 0 aliphatic carbocycles. The minimum absolute atomic E-state index is 0.0531. The van der Waals surface area contributed by atoms with Crippen LogP contribution in [0, 0.1) is 5.92 Å². The highest BCUT2D eigenvalue weighted by atomic mass is 79.9. The van der Waals surface area contributed by atoms with Crippen LogP contribution in [-0.4, -0.2) is 22.0 Å². The van der Waals surface area contributed by atoms with E-state index in [0.717, 1.165) is 15.5 Å². The van der Waals surface area contributed by atoms with Crippen LogP contribution in [0.5, 0.6) is 0 Å². The van der Waals surface area contributed by atoms with E-state index in [9.17, 15) is 4.79 Å². The second-order valence-electron chi connectivity index (χ2n) is 4.89. The standard InChI is InChI=1S/C13H17BrN4O/c1-8(2)6-16-12(19)7-18-11-4-3-9(14)5-10(11)17-13(18)15/h3-5,8H,6-7H2,1-2H3,(H2,15,17)(H,16,19). The van der Waals surface area contributed by atoms with Crippen LogP contribution < -0.4 is 11.1 Å². The third kappa shape index (κ3) is 3.26. The van der Waals surface area contributed by atoms with Gasteiger partial charge in [0.15, 0.2) is 0 Å². The molecule has 1 heterocycles. The molecule has 0 saturated carbocycles. The first kappa shape index (κ1) is 13.9. The van der Waals surface area contributed by atoms with Crippen molar-refractivity contribution < 1.29 is 4.79 Å². The van der Waals surface area contributed by atoms with E-state index in [1.807, 2.05) is 18.2 Å². The molecular formula is C13H17BrN4O. The van der Waals surface area contributed by atoms with Crippen molar-refractivity contribution in [2.75, 3.05) is 12.3 Å². The van der Waals surface area contributed by atoms with Crippen molar-refractivity contribution in [1.82, 2.24) is 14.9 Å². The summed E-state index contributed by atoms with van der Waals surface area (Å²) in [5, 5.41) is 2.87. The number of amides is 1. The zero-order chi connectivity index (χ0) is 14.0. The van der Waals surface area contributed by atoms with Crippen molar-refractivity contribution in [3.63, 3.8) is 0 Å². The number of carbonyl (C=O) groups excluding carboxylic acids is 1. The Morgan fingerprint density at radius 1 is 1.53 bits per heavy atom. The molecule has 0 fully saturated rings. The smallest absolute Gasteiger partial charge is 0.240 e. The lowest BCUT2D eigenvalue weighted by Gasteiger charge is -2.09. The summed E-state index contributed by atoms with van der Waals surface area (Å²) in [6.45, 7) is 4.96. The number of rotatable bonds is 4.